The summed E-state index contributed by atoms with van der Waals surface area (Å²) < 4.78 is 0. The van der Waals surface area contributed by atoms with Gasteiger partial charge in [0.2, 0.25) is 0 Å². The molecular formula is C13H24N2. The largest absolute Gasteiger partial charge is 0.316 e. The van der Waals surface area contributed by atoms with Gasteiger partial charge in [-0.1, -0.05) is 6.42 Å². The fourth-order valence-corrected chi connectivity index (χ4v) is 3.99. The highest BCUT2D eigenvalue weighted by Gasteiger charge is 2.39. The number of nitrogens with zero attached hydrogens (tertiary/aromatic N) is 1. The summed E-state index contributed by atoms with van der Waals surface area (Å²) in [4.78, 5) is 2.59. The standard InChI is InChI=1S/C13H24N2/c1-15(8-11-6-14-7-11)9-13-5-10-2-3-12(13)4-10/h10-14H,2-9H2,1H3. The van der Waals surface area contributed by atoms with E-state index in [4.69, 9.17) is 0 Å². The first kappa shape index (κ1) is 10.1. The highest BCUT2D eigenvalue weighted by atomic mass is 15.1. The van der Waals surface area contributed by atoms with E-state index in [2.05, 4.69) is 17.3 Å². The molecule has 3 fully saturated rings. The fourth-order valence-electron chi connectivity index (χ4n) is 3.99. The molecule has 1 heterocycles. The molecule has 0 amide bonds. The van der Waals surface area contributed by atoms with E-state index >= 15 is 0 Å². The van der Waals surface area contributed by atoms with E-state index in [9.17, 15) is 0 Å². The van der Waals surface area contributed by atoms with Crippen LogP contribution >= 0.6 is 0 Å². The van der Waals surface area contributed by atoms with Gasteiger partial charge in [-0.15, -0.1) is 0 Å². The van der Waals surface area contributed by atoms with Gasteiger partial charge >= 0.3 is 0 Å². The van der Waals surface area contributed by atoms with E-state index in [0.29, 0.717) is 0 Å². The minimum Gasteiger partial charge on any atom is -0.316 e. The zero-order valence-electron chi connectivity index (χ0n) is 9.91. The Bertz CT molecular complexity index is 225. The second-order valence-corrected chi connectivity index (χ2v) is 6.18. The minimum absolute atomic E-state index is 0.939. The Hall–Kier alpha value is -0.0800. The van der Waals surface area contributed by atoms with Crippen molar-refractivity contribution in [3.05, 3.63) is 0 Å². The molecule has 0 spiro atoms. The van der Waals surface area contributed by atoms with E-state index in [1.807, 2.05) is 0 Å². The van der Waals surface area contributed by atoms with Crippen molar-refractivity contribution in [1.29, 1.82) is 0 Å². The van der Waals surface area contributed by atoms with Crippen LogP contribution in [0, 0.1) is 23.7 Å². The van der Waals surface area contributed by atoms with Crippen molar-refractivity contribution in [3.63, 3.8) is 0 Å². The number of nitrogens with one attached hydrogen (secondary N) is 1. The molecule has 86 valence electrons. The molecule has 2 saturated carbocycles. The molecule has 0 radical (unpaired) electrons. The van der Waals surface area contributed by atoms with Crippen molar-refractivity contribution >= 4 is 0 Å². The summed E-state index contributed by atoms with van der Waals surface area (Å²) in [6.07, 6.45) is 6.17. The monoisotopic (exact) mass is 208 g/mol. The lowest BCUT2D eigenvalue weighted by Gasteiger charge is -2.33. The highest BCUT2D eigenvalue weighted by molar-refractivity contribution is 4.91. The van der Waals surface area contributed by atoms with Crippen LogP contribution in [-0.4, -0.2) is 38.1 Å². The average molecular weight is 208 g/mol. The first-order valence-corrected chi connectivity index (χ1v) is 6.70. The Labute approximate surface area is 93.4 Å². The lowest BCUT2D eigenvalue weighted by molar-refractivity contribution is 0.174. The van der Waals surface area contributed by atoms with Crippen molar-refractivity contribution in [1.82, 2.24) is 10.2 Å². The molecule has 3 aliphatic rings. The predicted molar refractivity (Wildman–Crippen MR) is 62.8 cm³/mol. The highest BCUT2D eigenvalue weighted by Crippen LogP contribution is 2.48. The van der Waals surface area contributed by atoms with Crippen LogP contribution in [0.5, 0.6) is 0 Å². The van der Waals surface area contributed by atoms with Gasteiger partial charge in [-0.05, 0) is 50.0 Å². The maximum atomic E-state index is 3.36. The van der Waals surface area contributed by atoms with E-state index < -0.39 is 0 Å². The van der Waals surface area contributed by atoms with Crippen molar-refractivity contribution in [2.24, 2.45) is 23.7 Å². The average Bonchev–Trinajstić information content (AvgIpc) is 2.72. The van der Waals surface area contributed by atoms with Gasteiger partial charge in [0.05, 0.1) is 0 Å². The van der Waals surface area contributed by atoms with Gasteiger partial charge in [0.25, 0.3) is 0 Å². The van der Waals surface area contributed by atoms with Crippen LogP contribution in [-0.2, 0) is 0 Å². The molecule has 2 bridgehead atoms. The van der Waals surface area contributed by atoms with Crippen molar-refractivity contribution in [2.45, 2.75) is 25.7 Å². The number of rotatable bonds is 4. The summed E-state index contributed by atoms with van der Waals surface area (Å²) in [6.45, 7) is 5.20. The molecule has 3 rings (SSSR count). The Morgan fingerprint density at radius 3 is 2.53 bits per heavy atom. The van der Waals surface area contributed by atoms with E-state index in [-0.39, 0.29) is 0 Å². The van der Waals surface area contributed by atoms with Gasteiger partial charge in [-0.2, -0.15) is 0 Å². The molecule has 2 aliphatic carbocycles. The van der Waals surface area contributed by atoms with E-state index in [1.54, 1.807) is 6.42 Å². The molecule has 3 unspecified atom stereocenters. The Balaban J connectivity index is 1.44. The molecule has 1 saturated heterocycles. The van der Waals surface area contributed by atoms with Gasteiger partial charge in [-0.25, -0.2) is 0 Å². The van der Waals surface area contributed by atoms with Crippen molar-refractivity contribution in [2.75, 3.05) is 33.2 Å². The fraction of sp³-hybridized carbons (Fsp3) is 1.00. The molecule has 3 atom stereocenters. The third kappa shape index (κ3) is 2.07. The number of fused-ring (bicyclic) bond motifs is 2. The summed E-state index contributed by atoms with van der Waals surface area (Å²) in [5.41, 5.74) is 0. The summed E-state index contributed by atoms with van der Waals surface area (Å²) in [5, 5.41) is 3.36. The second kappa shape index (κ2) is 4.06. The Morgan fingerprint density at radius 2 is 2.00 bits per heavy atom. The number of hydrogen-bond acceptors (Lipinski definition) is 2. The maximum absolute atomic E-state index is 3.36. The summed E-state index contributed by atoms with van der Waals surface area (Å²) in [7, 11) is 2.32. The van der Waals surface area contributed by atoms with Crippen LogP contribution in [0.15, 0.2) is 0 Å². The topological polar surface area (TPSA) is 15.3 Å². The van der Waals surface area contributed by atoms with Gasteiger partial charge in [-0.3, -0.25) is 0 Å². The molecule has 0 aromatic heterocycles. The summed E-state index contributed by atoms with van der Waals surface area (Å²) in [5.74, 6) is 4.19. The second-order valence-electron chi connectivity index (χ2n) is 6.18. The smallest absolute Gasteiger partial charge is 0.00310 e. The van der Waals surface area contributed by atoms with Crippen LogP contribution < -0.4 is 5.32 Å². The van der Waals surface area contributed by atoms with Gasteiger partial charge < -0.3 is 10.2 Å². The van der Waals surface area contributed by atoms with Crippen LogP contribution in [0.4, 0.5) is 0 Å². The zero-order valence-corrected chi connectivity index (χ0v) is 9.91. The molecule has 1 aliphatic heterocycles. The molecular weight excluding hydrogens is 184 g/mol. The Morgan fingerprint density at radius 1 is 1.13 bits per heavy atom. The first-order chi connectivity index (χ1) is 7.31. The lowest BCUT2D eigenvalue weighted by atomic mass is 9.88. The van der Waals surface area contributed by atoms with Crippen LogP contribution in [0.25, 0.3) is 0 Å². The molecule has 2 nitrogen and oxygen atoms in total. The van der Waals surface area contributed by atoms with Crippen LogP contribution in [0.1, 0.15) is 25.7 Å². The van der Waals surface area contributed by atoms with Crippen LogP contribution in [0.2, 0.25) is 0 Å². The third-order valence-electron chi connectivity index (χ3n) is 4.87. The first-order valence-electron chi connectivity index (χ1n) is 6.70. The molecule has 0 aromatic carbocycles. The molecule has 0 aromatic rings. The maximum Gasteiger partial charge on any atom is 0.00310 e. The van der Waals surface area contributed by atoms with Crippen LogP contribution in [0.3, 0.4) is 0 Å². The van der Waals surface area contributed by atoms with Crippen molar-refractivity contribution in [3.8, 4) is 0 Å². The zero-order chi connectivity index (χ0) is 10.3. The van der Waals surface area contributed by atoms with E-state index in [1.165, 1.54) is 45.4 Å². The van der Waals surface area contributed by atoms with E-state index in [0.717, 1.165) is 23.7 Å². The predicted octanol–water partition coefficient (Wildman–Crippen LogP) is 1.57. The SMILES string of the molecule is CN(CC1CNC1)CC1CC2CCC1C2. The van der Waals surface area contributed by atoms with Crippen molar-refractivity contribution < 1.29 is 0 Å². The van der Waals surface area contributed by atoms with Gasteiger partial charge in [0.15, 0.2) is 0 Å². The number of hydrogen-bond donors (Lipinski definition) is 1. The summed E-state index contributed by atoms with van der Waals surface area (Å²) >= 11 is 0. The molecule has 2 heteroatoms. The van der Waals surface area contributed by atoms with Gasteiger partial charge in [0.1, 0.15) is 0 Å². The quantitative estimate of drug-likeness (QED) is 0.754. The normalized spacial score (nSPS) is 40.0. The molecule has 15 heavy (non-hydrogen) atoms. The summed E-state index contributed by atoms with van der Waals surface area (Å²) in [6, 6.07) is 0. The van der Waals surface area contributed by atoms with Gasteiger partial charge in [0, 0.05) is 26.2 Å². The minimum atomic E-state index is 0.939. The third-order valence-corrected chi connectivity index (χ3v) is 4.87. The Kier molecular flexibility index (Phi) is 2.73. The molecule has 1 N–H and O–H groups in total. The lowest BCUT2D eigenvalue weighted by Crippen LogP contribution is -2.48.